The first-order valence-electron chi connectivity index (χ1n) is 10.7. The number of ether oxygens (including phenoxy) is 1. The predicted molar refractivity (Wildman–Crippen MR) is 128 cm³/mol. The minimum atomic E-state index is -0.0176. The highest BCUT2D eigenvalue weighted by Gasteiger charge is 2.22. The normalized spacial score (nSPS) is 14.2. The summed E-state index contributed by atoms with van der Waals surface area (Å²) in [6, 6.07) is 18.0. The van der Waals surface area contributed by atoms with Gasteiger partial charge in [-0.3, -0.25) is 4.79 Å². The summed E-state index contributed by atoms with van der Waals surface area (Å²) in [5, 5.41) is 5.08. The first-order chi connectivity index (χ1) is 15.6. The van der Waals surface area contributed by atoms with Crippen LogP contribution in [0.3, 0.4) is 0 Å². The second-order valence-corrected chi connectivity index (χ2v) is 8.11. The Morgan fingerprint density at radius 1 is 1.06 bits per heavy atom. The molecule has 0 spiro atoms. The number of carbonyl (C=O) groups is 1. The Kier molecular flexibility index (Phi) is 6.81. The van der Waals surface area contributed by atoms with E-state index in [1.807, 2.05) is 66.4 Å². The molecule has 32 heavy (non-hydrogen) atoms. The van der Waals surface area contributed by atoms with Crippen molar-refractivity contribution in [3.05, 3.63) is 82.6 Å². The maximum absolute atomic E-state index is 12.8. The number of hydrogen-bond acceptors (Lipinski definition) is 4. The number of anilines is 1. The molecule has 7 heteroatoms. The van der Waals surface area contributed by atoms with Crippen molar-refractivity contribution in [2.24, 2.45) is 0 Å². The summed E-state index contributed by atoms with van der Waals surface area (Å²) < 4.78 is 7.23. The van der Waals surface area contributed by atoms with Gasteiger partial charge in [0, 0.05) is 37.8 Å². The van der Waals surface area contributed by atoms with Crippen LogP contribution in [-0.4, -0.2) is 53.9 Å². The van der Waals surface area contributed by atoms with E-state index < -0.39 is 0 Å². The van der Waals surface area contributed by atoms with Crippen LogP contribution in [-0.2, 0) is 11.3 Å². The molecule has 166 valence electrons. The van der Waals surface area contributed by atoms with Crippen LogP contribution in [0.5, 0.6) is 5.75 Å². The van der Waals surface area contributed by atoms with Crippen molar-refractivity contribution >= 4 is 29.3 Å². The Morgan fingerprint density at radius 2 is 1.75 bits per heavy atom. The summed E-state index contributed by atoms with van der Waals surface area (Å²) in [4.78, 5) is 16.9. The fraction of sp³-hybridized carbons (Fsp3) is 0.280. The van der Waals surface area contributed by atoms with E-state index in [2.05, 4.69) is 10.00 Å². The highest BCUT2D eigenvalue weighted by Crippen LogP contribution is 2.28. The molecule has 1 aliphatic heterocycles. The standard InChI is InChI=1S/C25H27ClN4O2/c1-19-21(25(26)30(27-19)18-20-8-4-3-5-9-20)12-13-24(31)29-16-14-28(15-17-29)22-10-6-7-11-23(22)32-2/h3-13H,14-18H2,1-2H3/b13-12+. The Hall–Kier alpha value is -3.25. The lowest BCUT2D eigenvalue weighted by Gasteiger charge is -2.36. The average Bonchev–Trinajstić information content (AvgIpc) is 3.10. The van der Waals surface area contributed by atoms with Crippen LogP contribution < -0.4 is 9.64 Å². The van der Waals surface area contributed by atoms with Gasteiger partial charge in [-0.15, -0.1) is 0 Å². The van der Waals surface area contributed by atoms with Gasteiger partial charge >= 0.3 is 0 Å². The van der Waals surface area contributed by atoms with Gasteiger partial charge in [0.15, 0.2) is 0 Å². The number of carbonyl (C=O) groups excluding carboxylic acids is 1. The van der Waals surface area contributed by atoms with Gasteiger partial charge in [-0.2, -0.15) is 5.10 Å². The number of hydrogen-bond donors (Lipinski definition) is 0. The Labute approximate surface area is 193 Å². The lowest BCUT2D eigenvalue weighted by molar-refractivity contribution is -0.126. The van der Waals surface area contributed by atoms with Gasteiger partial charge in [-0.25, -0.2) is 4.68 Å². The van der Waals surface area contributed by atoms with Crippen LogP contribution in [0.4, 0.5) is 5.69 Å². The minimum Gasteiger partial charge on any atom is -0.495 e. The van der Waals surface area contributed by atoms with E-state index in [9.17, 15) is 4.79 Å². The fourth-order valence-corrected chi connectivity index (χ4v) is 4.23. The van der Waals surface area contributed by atoms with Gasteiger partial charge in [-0.05, 0) is 30.7 Å². The zero-order chi connectivity index (χ0) is 22.5. The van der Waals surface area contributed by atoms with Crippen LogP contribution in [0.25, 0.3) is 6.08 Å². The molecule has 1 amide bonds. The van der Waals surface area contributed by atoms with Gasteiger partial charge in [0.1, 0.15) is 10.9 Å². The molecule has 0 atom stereocenters. The molecule has 0 aliphatic carbocycles. The SMILES string of the molecule is COc1ccccc1N1CCN(C(=O)/C=C/c2c(C)nn(Cc3ccccc3)c2Cl)CC1. The highest BCUT2D eigenvalue weighted by atomic mass is 35.5. The van der Waals surface area contributed by atoms with Gasteiger partial charge < -0.3 is 14.5 Å². The second-order valence-electron chi connectivity index (χ2n) is 7.75. The molecular formula is C25H27ClN4O2. The second kappa shape index (κ2) is 9.92. The molecule has 1 aromatic heterocycles. The maximum Gasteiger partial charge on any atom is 0.246 e. The van der Waals surface area contributed by atoms with Crippen molar-refractivity contribution in [3.63, 3.8) is 0 Å². The van der Waals surface area contributed by atoms with E-state index in [1.165, 1.54) is 0 Å². The first kappa shape index (κ1) is 22.0. The minimum absolute atomic E-state index is 0.0176. The molecule has 6 nitrogen and oxygen atoms in total. The van der Waals surface area contributed by atoms with Crippen molar-refractivity contribution in [3.8, 4) is 5.75 Å². The van der Waals surface area contributed by atoms with Crippen LogP contribution in [0.2, 0.25) is 5.15 Å². The number of benzene rings is 2. The largest absolute Gasteiger partial charge is 0.495 e. The molecule has 0 N–H and O–H groups in total. The quantitative estimate of drug-likeness (QED) is 0.526. The summed E-state index contributed by atoms with van der Waals surface area (Å²) in [7, 11) is 1.68. The van der Waals surface area contributed by atoms with Crippen LogP contribution in [0.15, 0.2) is 60.7 Å². The molecule has 3 aromatic rings. The van der Waals surface area contributed by atoms with E-state index in [-0.39, 0.29) is 5.91 Å². The zero-order valence-electron chi connectivity index (χ0n) is 18.4. The van der Waals surface area contributed by atoms with E-state index >= 15 is 0 Å². The van der Waals surface area contributed by atoms with Gasteiger partial charge in [0.25, 0.3) is 0 Å². The number of amides is 1. The van der Waals surface area contributed by atoms with E-state index in [1.54, 1.807) is 23.9 Å². The van der Waals surface area contributed by atoms with Crippen molar-refractivity contribution < 1.29 is 9.53 Å². The number of piperazine rings is 1. The van der Waals surface area contributed by atoms with Crippen molar-refractivity contribution in [1.82, 2.24) is 14.7 Å². The summed E-state index contributed by atoms with van der Waals surface area (Å²) in [5.74, 6) is 0.834. The summed E-state index contributed by atoms with van der Waals surface area (Å²) >= 11 is 6.57. The zero-order valence-corrected chi connectivity index (χ0v) is 19.1. The third-order valence-corrected chi connectivity index (χ3v) is 6.09. The maximum atomic E-state index is 12.8. The van der Waals surface area contributed by atoms with Crippen LogP contribution in [0.1, 0.15) is 16.8 Å². The molecular weight excluding hydrogens is 424 g/mol. The van der Waals surface area contributed by atoms with E-state index in [4.69, 9.17) is 16.3 Å². The molecule has 0 bridgehead atoms. The van der Waals surface area contributed by atoms with Crippen LogP contribution >= 0.6 is 11.6 Å². The molecule has 2 heterocycles. The van der Waals surface area contributed by atoms with Crippen molar-refractivity contribution in [2.75, 3.05) is 38.2 Å². The molecule has 0 saturated carbocycles. The molecule has 2 aromatic carbocycles. The lowest BCUT2D eigenvalue weighted by atomic mass is 10.2. The summed E-state index contributed by atoms with van der Waals surface area (Å²) in [5.41, 5.74) is 3.77. The third kappa shape index (κ3) is 4.81. The number of nitrogens with zero attached hydrogens (tertiary/aromatic N) is 4. The Bertz CT molecular complexity index is 1100. The number of aryl methyl sites for hydroxylation is 1. The number of halogens is 1. The average molecular weight is 451 g/mol. The molecule has 0 radical (unpaired) electrons. The van der Waals surface area contributed by atoms with Gasteiger partial charge in [0.05, 0.1) is 25.0 Å². The number of aromatic nitrogens is 2. The molecule has 1 fully saturated rings. The Morgan fingerprint density at radius 3 is 2.47 bits per heavy atom. The molecule has 0 unspecified atom stereocenters. The van der Waals surface area contributed by atoms with Crippen molar-refractivity contribution in [2.45, 2.75) is 13.5 Å². The number of methoxy groups -OCH3 is 1. The third-order valence-electron chi connectivity index (χ3n) is 5.69. The van der Waals surface area contributed by atoms with E-state index in [0.717, 1.165) is 41.3 Å². The summed E-state index contributed by atoms with van der Waals surface area (Å²) in [6.07, 6.45) is 3.38. The van der Waals surface area contributed by atoms with Gasteiger partial charge in [0.2, 0.25) is 5.91 Å². The topological polar surface area (TPSA) is 50.6 Å². The number of para-hydroxylation sites is 2. The lowest BCUT2D eigenvalue weighted by Crippen LogP contribution is -2.48. The molecule has 1 aliphatic rings. The number of rotatable bonds is 6. The van der Waals surface area contributed by atoms with E-state index in [0.29, 0.717) is 24.8 Å². The monoisotopic (exact) mass is 450 g/mol. The molecule has 1 saturated heterocycles. The predicted octanol–water partition coefficient (Wildman–Crippen LogP) is 4.26. The summed E-state index contributed by atoms with van der Waals surface area (Å²) in [6.45, 7) is 5.32. The molecule has 4 rings (SSSR count). The van der Waals surface area contributed by atoms with Crippen molar-refractivity contribution in [1.29, 1.82) is 0 Å². The highest BCUT2D eigenvalue weighted by molar-refractivity contribution is 6.31. The smallest absolute Gasteiger partial charge is 0.246 e. The van der Waals surface area contributed by atoms with Crippen LogP contribution in [0, 0.1) is 6.92 Å². The Balaban J connectivity index is 1.39. The fourth-order valence-electron chi connectivity index (χ4n) is 3.94. The van der Waals surface area contributed by atoms with Gasteiger partial charge in [-0.1, -0.05) is 54.1 Å². The first-order valence-corrected chi connectivity index (χ1v) is 11.1.